The van der Waals surface area contributed by atoms with Gasteiger partial charge in [-0.2, -0.15) is 0 Å². The first kappa shape index (κ1) is 15.1. The predicted molar refractivity (Wildman–Crippen MR) is 95.2 cm³/mol. The average molecular weight is 353 g/mol. The molecule has 2 aliphatic carbocycles. The van der Waals surface area contributed by atoms with Crippen molar-refractivity contribution in [3.63, 3.8) is 0 Å². The molecule has 1 aromatic carbocycles. The normalized spacial score (nSPS) is 27.2. The number of hydrogen-bond donors (Lipinski definition) is 1. The van der Waals surface area contributed by atoms with Gasteiger partial charge in [-0.1, -0.05) is 30.3 Å². The van der Waals surface area contributed by atoms with Gasteiger partial charge in [0.25, 0.3) is 5.91 Å². The number of hydrogen-bond acceptors (Lipinski definition) is 4. The average Bonchev–Trinajstić information content (AvgIpc) is 3.54. The van der Waals surface area contributed by atoms with Crippen molar-refractivity contribution in [3.8, 4) is 10.4 Å². The van der Waals surface area contributed by atoms with E-state index in [1.165, 1.54) is 0 Å². The maximum absolute atomic E-state index is 13.3. The van der Waals surface area contributed by atoms with Crippen molar-refractivity contribution < 1.29 is 9.59 Å². The van der Waals surface area contributed by atoms with E-state index < -0.39 is 11.9 Å². The van der Waals surface area contributed by atoms with Crippen LogP contribution in [-0.4, -0.2) is 33.8 Å². The van der Waals surface area contributed by atoms with E-state index in [2.05, 4.69) is 0 Å². The Morgan fingerprint density at radius 3 is 2.60 bits per heavy atom. The van der Waals surface area contributed by atoms with Gasteiger partial charge in [0.05, 0.1) is 9.88 Å². The molecule has 2 amide bonds. The summed E-state index contributed by atoms with van der Waals surface area (Å²) in [6.45, 7) is 0. The lowest BCUT2D eigenvalue weighted by Crippen LogP contribution is -2.46. The molecule has 5 nitrogen and oxygen atoms in total. The Morgan fingerprint density at radius 2 is 1.92 bits per heavy atom. The Balaban J connectivity index is 1.56. The molecule has 6 heteroatoms. The van der Waals surface area contributed by atoms with Crippen LogP contribution >= 0.6 is 11.3 Å². The quantitative estimate of drug-likeness (QED) is 0.918. The Hall–Kier alpha value is -2.21. The van der Waals surface area contributed by atoms with Crippen molar-refractivity contribution in [2.45, 2.75) is 43.7 Å². The van der Waals surface area contributed by atoms with Crippen LogP contribution < -0.4 is 5.73 Å². The molecule has 0 radical (unpaired) electrons. The van der Waals surface area contributed by atoms with Crippen LogP contribution in [0.4, 0.5) is 0 Å². The number of nitrogens with two attached hydrogens (primary N) is 1. The smallest absolute Gasteiger partial charge is 0.274 e. The molecule has 1 aliphatic heterocycles. The first-order valence-electron chi connectivity index (χ1n) is 8.81. The molecule has 3 aliphatic rings. The Labute approximate surface area is 149 Å². The summed E-state index contributed by atoms with van der Waals surface area (Å²) in [7, 11) is 0. The summed E-state index contributed by atoms with van der Waals surface area (Å²) in [5.41, 5.74) is 7.06. The molecular weight excluding hydrogens is 334 g/mol. The van der Waals surface area contributed by atoms with Gasteiger partial charge in [-0.05, 0) is 37.2 Å². The fraction of sp³-hybridized carbons (Fsp3) is 0.421. The third-order valence-electron chi connectivity index (χ3n) is 5.48. The number of amides is 2. The zero-order chi connectivity index (χ0) is 17.1. The molecule has 1 aromatic heterocycles. The van der Waals surface area contributed by atoms with Crippen LogP contribution in [0.1, 0.15) is 47.1 Å². The van der Waals surface area contributed by atoms with Crippen LogP contribution in [-0.2, 0) is 4.79 Å². The molecule has 5 rings (SSSR count). The summed E-state index contributed by atoms with van der Waals surface area (Å²) >= 11 is 1.62. The van der Waals surface area contributed by atoms with Gasteiger partial charge in [0.1, 0.15) is 11.7 Å². The second-order valence-corrected chi connectivity index (χ2v) is 8.33. The molecule has 1 saturated heterocycles. The van der Waals surface area contributed by atoms with Crippen LogP contribution in [0.5, 0.6) is 0 Å². The highest BCUT2D eigenvalue weighted by molar-refractivity contribution is 7.15. The Bertz CT molecular complexity index is 859. The second kappa shape index (κ2) is 5.39. The van der Waals surface area contributed by atoms with Crippen LogP contribution in [0.25, 0.3) is 10.4 Å². The van der Waals surface area contributed by atoms with Crippen molar-refractivity contribution >= 4 is 23.2 Å². The van der Waals surface area contributed by atoms with Crippen molar-refractivity contribution in [2.24, 2.45) is 11.7 Å². The molecule has 128 valence electrons. The summed E-state index contributed by atoms with van der Waals surface area (Å²) in [4.78, 5) is 32.5. The van der Waals surface area contributed by atoms with Gasteiger partial charge < -0.3 is 10.6 Å². The zero-order valence-corrected chi connectivity index (χ0v) is 14.5. The van der Waals surface area contributed by atoms with Gasteiger partial charge in [0, 0.05) is 12.0 Å². The fourth-order valence-corrected chi connectivity index (χ4v) is 5.13. The molecule has 2 heterocycles. The molecule has 3 atom stereocenters. The number of thiazole rings is 1. The monoisotopic (exact) mass is 353 g/mol. The fourth-order valence-electron chi connectivity index (χ4n) is 3.90. The van der Waals surface area contributed by atoms with Gasteiger partial charge in [-0.3, -0.25) is 9.59 Å². The van der Waals surface area contributed by atoms with E-state index in [9.17, 15) is 9.59 Å². The number of benzene rings is 1. The van der Waals surface area contributed by atoms with Crippen molar-refractivity contribution in [1.82, 2.24) is 9.88 Å². The molecule has 2 saturated carbocycles. The van der Waals surface area contributed by atoms with E-state index in [0.29, 0.717) is 24.0 Å². The highest BCUT2D eigenvalue weighted by Gasteiger charge is 2.56. The summed E-state index contributed by atoms with van der Waals surface area (Å²) < 4.78 is 0. The molecule has 0 bridgehead atoms. The van der Waals surface area contributed by atoms with Crippen molar-refractivity contribution in [1.29, 1.82) is 0 Å². The largest absolute Gasteiger partial charge is 0.368 e. The first-order chi connectivity index (χ1) is 12.1. The third kappa shape index (κ3) is 2.47. The summed E-state index contributed by atoms with van der Waals surface area (Å²) in [5.74, 6) is 0.395. The maximum atomic E-state index is 13.3. The highest BCUT2D eigenvalue weighted by atomic mass is 32.1. The molecule has 0 unspecified atom stereocenters. The lowest BCUT2D eigenvalue weighted by Gasteiger charge is -2.24. The number of nitrogens with zero attached hydrogens (tertiary/aromatic N) is 2. The minimum Gasteiger partial charge on any atom is -0.368 e. The van der Waals surface area contributed by atoms with Gasteiger partial charge in [0.2, 0.25) is 5.91 Å². The second-order valence-electron chi connectivity index (χ2n) is 7.30. The number of likely N-dealkylation sites (tertiary alicyclic amines) is 1. The molecule has 25 heavy (non-hydrogen) atoms. The predicted octanol–water partition coefficient (Wildman–Crippen LogP) is 2.78. The zero-order valence-electron chi connectivity index (χ0n) is 13.7. The minimum atomic E-state index is -0.481. The van der Waals surface area contributed by atoms with E-state index in [1.54, 1.807) is 16.2 Å². The lowest BCUT2D eigenvalue weighted by atomic mass is 10.1. The number of piperidine rings is 1. The maximum Gasteiger partial charge on any atom is 0.274 e. The SMILES string of the molecule is NC(=O)[C@@H]1C[C@@H]2C[C@@H]2N1C(=O)c1nc(C2CC2)sc1-c1ccccc1. The molecule has 2 aromatic rings. The van der Waals surface area contributed by atoms with E-state index in [4.69, 9.17) is 10.7 Å². The van der Waals surface area contributed by atoms with Gasteiger partial charge in [-0.25, -0.2) is 4.98 Å². The topological polar surface area (TPSA) is 76.3 Å². The van der Waals surface area contributed by atoms with Gasteiger partial charge in [-0.15, -0.1) is 11.3 Å². The van der Waals surface area contributed by atoms with E-state index in [-0.39, 0.29) is 11.9 Å². The molecular formula is C19H19N3O2S. The summed E-state index contributed by atoms with van der Waals surface area (Å²) in [5, 5.41) is 1.05. The number of fused-ring (bicyclic) bond motifs is 1. The molecule has 0 spiro atoms. The summed E-state index contributed by atoms with van der Waals surface area (Å²) in [6, 6.07) is 9.61. The van der Waals surface area contributed by atoms with Crippen LogP contribution in [0.3, 0.4) is 0 Å². The standard InChI is InChI=1S/C19H19N3O2S/c20-17(23)14-9-12-8-13(12)22(14)19(24)15-16(10-4-2-1-3-5-10)25-18(21-15)11-6-7-11/h1-5,11-14H,6-9H2,(H2,20,23)/t12-,13-,14-/m0/s1. The van der Waals surface area contributed by atoms with E-state index >= 15 is 0 Å². The van der Waals surface area contributed by atoms with Crippen LogP contribution in [0.2, 0.25) is 0 Å². The van der Waals surface area contributed by atoms with Crippen LogP contribution in [0.15, 0.2) is 30.3 Å². The third-order valence-corrected chi connectivity index (χ3v) is 6.74. The number of primary amides is 1. The Morgan fingerprint density at radius 1 is 1.16 bits per heavy atom. The van der Waals surface area contributed by atoms with Crippen molar-refractivity contribution in [2.75, 3.05) is 0 Å². The highest BCUT2D eigenvalue weighted by Crippen LogP contribution is 2.50. The van der Waals surface area contributed by atoms with Crippen LogP contribution in [0, 0.1) is 5.92 Å². The first-order valence-corrected chi connectivity index (χ1v) is 9.63. The number of aromatic nitrogens is 1. The molecule has 3 fully saturated rings. The van der Waals surface area contributed by atoms with E-state index in [0.717, 1.165) is 34.7 Å². The van der Waals surface area contributed by atoms with Crippen molar-refractivity contribution in [3.05, 3.63) is 41.0 Å². The number of rotatable bonds is 4. The Kier molecular flexibility index (Phi) is 3.25. The minimum absolute atomic E-state index is 0.129. The lowest BCUT2D eigenvalue weighted by molar-refractivity contribution is -0.122. The summed E-state index contributed by atoms with van der Waals surface area (Å²) in [6.07, 6.45) is 3.98. The number of carbonyl (C=O) groups excluding carboxylic acids is 2. The van der Waals surface area contributed by atoms with Gasteiger partial charge >= 0.3 is 0 Å². The van der Waals surface area contributed by atoms with E-state index in [1.807, 2.05) is 30.3 Å². The van der Waals surface area contributed by atoms with Gasteiger partial charge in [0.15, 0.2) is 0 Å². The number of carbonyl (C=O) groups is 2. The molecule has 2 N–H and O–H groups in total.